The second-order valence-corrected chi connectivity index (χ2v) is 13.4. The van der Waals surface area contributed by atoms with E-state index in [1.54, 1.807) is 0 Å². The number of phosphoric ester groups is 1. The summed E-state index contributed by atoms with van der Waals surface area (Å²) in [4.78, 5) is 35.0. The summed E-state index contributed by atoms with van der Waals surface area (Å²) in [5, 5.41) is 49.6. The molecule has 0 aromatic heterocycles. The summed E-state index contributed by atoms with van der Waals surface area (Å²) in [6.45, 7) is 2.96. The molecule has 1 fully saturated rings. The maximum atomic E-state index is 12.6. The van der Waals surface area contributed by atoms with Gasteiger partial charge in [-0.25, -0.2) is 4.57 Å². The molecule has 6 atom stereocenters. The van der Waals surface area contributed by atoms with Gasteiger partial charge in [-0.05, 0) is 44.9 Å². The fourth-order valence-electron chi connectivity index (χ4n) is 4.89. The molecular weight excluding hydrogens is 647 g/mol. The van der Waals surface area contributed by atoms with Crippen LogP contribution in [-0.4, -0.2) is 98.3 Å². The third-order valence-electron chi connectivity index (χ3n) is 7.75. The molecule has 6 unspecified atom stereocenters. The topological polar surface area (TPSA) is 210 Å². The first-order valence-corrected chi connectivity index (χ1v) is 18.8. The zero-order valence-electron chi connectivity index (χ0n) is 28.5. The third kappa shape index (κ3) is 19.3. The number of allylic oxidation sites excluding steroid dienone is 6. The Balaban J connectivity index is 2.53. The number of carbonyl (C=O) groups is 2. The lowest BCUT2D eigenvalue weighted by molar-refractivity contribution is -0.220. The maximum Gasteiger partial charge on any atom is 0.472 e. The van der Waals surface area contributed by atoms with Crippen LogP contribution in [0.4, 0.5) is 0 Å². The average Bonchev–Trinajstić information content (AvgIpc) is 3.06. The van der Waals surface area contributed by atoms with Crippen molar-refractivity contribution in [3.05, 3.63) is 36.5 Å². The molecule has 14 heteroatoms. The Hall–Kier alpha value is -1.93. The Morgan fingerprint density at radius 2 is 1.19 bits per heavy atom. The number of esters is 2. The lowest BCUT2D eigenvalue weighted by Gasteiger charge is -2.41. The molecule has 0 saturated heterocycles. The number of hydrogen-bond acceptors (Lipinski definition) is 12. The third-order valence-corrected chi connectivity index (χ3v) is 8.73. The predicted octanol–water partition coefficient (Wildman–Crippen LogP) is 4.32. The van der Waals surface area contributed by atoms with Crippen LogP contribution in [0.3, 0.4) is 0 Å². The predicted molar refractivity (Wildman–Crippen MR) is 180 cm³/mol. The van der Waals surface area contributed by atoms with Gasteiger partial charge in [0, 0.05) is 12.8 Å². The summed E-state index contributed by atoms with van der Waals surface area (Å²) in [5.41, 5.74) is 0. The largest absolute Gasteiger partial charge is 0.472 e. The molecule has 1 rings (SSSR count). The monoisotopic (exact) mass is 706 g/mol. The Kier molecular flexibility index (Phi) is 23.8. The van der Waals surface area contributed by atoms with E-state index in [9.17, 15) is 44.6 Å². The summed E-state index contributed by atoms with van der Waals surface area (Å²) in [7, 11) is -5.10. The minimum Gasteiger partial charge on any atom is -0.462 e. The average molecular weight is 707 g/mol. The number of rotatable bonds is 26. The molecule has 6 N–H and O–H groups in total. The van der Waals surface area contributed by atoms with Crippen LogP contribution in [0, 0.1) is 0 Å². The van der Waals surface area contributed by atoms with Crippen LogP contribution in [0.1, 0.15) is 110 Å². The highest BCUT2D eigenvalue weighted by molar-refractivity contribution is 7.47. The second-order valence-electron chi connectivity index (χ2n) is 12.0. The standard InChI is InChI=1S/C34H59O13P/c1-3-5-7-9-10-11-12-13-14-15-16-17-18-19-21-23-28(36)46-26(24-44-27(35)22-20-8-6-4-2)25-45-48(42,43)47-34-32(40)30(38)29(37)31(39)33(34)41/h5,7,10-11,13-14,26,29-34,37-41H,3-4,6,8-9,12,15-25H2,1-2H3,(H,42,43)/b7-5-,11-10-,14-13-. The van der Waals surface area contributed by atoms with Crippen molar-refractivity contribution in [1.82, 2.24) is 0 Å². The van der Waals surface area contributed by atoms with Gasteiger partial charge < -0.3 is 39.9 Å². The highest BCUT2D eigenvalue weighted by atomic mass is 31.2. The Morgan fingerprint density at radius 1 is 0.667 bits per heavy atom. The normalized spacial score (nSPS) is 25.1. The summed E-state index contributed by atoms with van der Waals surface area (Å²) in [6, 6.07) is 0. The minimum absolute atomic E-state index is 0.0764. The van der Waals surface area contributed by atoms with E-state index in [-0.39, 0.29) is 12.8 Å². The number of carbonyl (C=O) groups excluding carboxylic acids is 2. The number of ether oxygens (including phenoxy) is 2. The van der Waals surface area contributed by atoms with E-state index in [1.807, 2.05) is 6.92 Å². The van der Waals surface area contributed by atoms with Crippen molar-refractivity contribution in [2.24, 2.45) is 0 Å². The summed E-state index contributed by atoms with van der Waals surface area (Å²) < 4.78 is 33.0. The number of hydrogen-bond donors (Lipinski definition) is 6. The first-order valence-electron chi connectivity index (χ1n) is 17.3. The van der Waals surface area contributed by atoms with E-state index in [4.69, 9.17) is 18.5 Å². The van der Waals surface area contributed by atoms with E-state index < -0.39 is 75.7 Å². The Labute approximate surface area is 285 Å². The molecule has 0 spiro atoms. The highest BCUT2D eigenvalue weighted by Crippen LogP contribution is 2.47. The van der Waals surface area contributed by atoms with E-state index in [0.717, 1.165) is 70.6 Å². The molecule has 0 radical (unpaired) electrons. The maximum absolute atomic E-state index is 12.6. The molecule has 278 valence electrons. The second kappa shape index (κ2) is 26.0. The van der Waals surface area contributed by atoms with Gasteiger partial charge in [0.1, 0.15) is 43.2 Å². The zero-order chi connectivity index (χ0) is 35.8. The summed E-state index contributed by atoms with van der Waals surface area (Å²) in [5.74, 6) is -1.15. The number of phosphoric acid groups is 1. The van der Waals surface area contributed by atoms with Crippen LogP contribution in [0.5, 0.6) is 0 Å². The summed E-state index contributed by atoms with van der Waals surface area (Å²) >= 11 is 0. The molecule has 0 aromatic rings. The van der Waals surface area contributed by atoms with E-state index >= 15 is 0 Å². The molecule has 0 heterocycles. The van der Waals surface area contributed by atoms with Crippen molar-refractivity contribution in [3.8, 4) is 0 Å². The zero-order valence-corrected chi connectivity index (χ0v) is 29.4. The number of aliphatic hydroxyl groups is 5. The molecular formula is C34H59O13P. The van der Waals surface area contributed by atoms with Crippen LogP contribution < -0.4 is 0 Å². The quantitative estimate of drug-likeness (QED) is 0.0321. The molecule has 13 nitrogen and oxygen atoms in total. The molecule has 1 saturated carbocycles. The smallest absolute Gasteiger partial charge is 0.462 e. The van der Waals surface area contributed by atoms with Gasteiger partial charge in [0.25, 0.3) is 0 Å². The van der Waals surface area contributed by atoms with Crippen molar-refractivity contribution >= 4 is 19.8 Å². The first-order chi connectivity index (χ1) is 22.9. The molecule has 1 aliphatic carbocycles. The van der Waals surface area contributed by atoms with Crippen LogP contribution in [-0.2, 0) is 32.7 Å². The molecule has 0 bridgehead atoms. The Morgan fingerprint density at radius 3 is 1.81 bits per heavy atom. The first kappa shape index (κ1) is 44.1. The molecule has 1 aliphatic rings. The van der Waals surface area contributed by atoms with Gasteiger partial charge >= 0.3 is 19.8 Å². The fourth-order valence-corrected chi connectivity index (χ4v) is 5.86. The van der Waals surface area contributed by atoms with Gasteiger partial charge in [0.2, 0.25) is 0 Å². The van der Waals surface area contributed by atoms with Gasteiger partial charge in [-0.1, -0.05) is 88.8 Å². The number of unbranched alkanes of at least 4 members (excludes halogenated alkanes) is 8. The van der Waals surface area contributed by atoms with Gasteiger partial charge in [-0.15, -0.1) is 0 Å². The van der Waals surface area contributed by atoms with Gasteiger partial charge in [-0.3, -0.25) is 18.6 Å². The van der Waals surface area contributed by atoms with E-state index in [1.165, 1.54) is 0 Å². The van der Waals surface area contributed by atoms with Crippen LogP contribution in [0.15, 0.2) is 36.5 Å². The van der Waals surface area contributed by atoms with Crippen LogP contribution >= 0.6 is 7.82 Å². The Bertz CT molecular complexity index is 1000. The highest BCUT2D eigenvalue weighted by Gasteiger charge is 2.51. The molecule has 0 aromatic carbocycles. The van der Waals surface area contributed by atoms with Crippen molar-refractivity contribution in [1.29, 1.82) is 0 Å². The van der Waals surface area contributed by atoms with E-state index in [2.05, 4.69) is 43.4 Å². The molecule has 0 aliphatic heterocycles. The fraction of sp³-hybridized carbons (Fsp3) is 0.765. The van der Waals surface area contributed by atoms with Crippen LogP contribution in [0.2, 0.25) is 0 Å². The molecule has 0 amide bonds. The van der Waals surface area contributed by atoms with Gasteiger partial charge in [0.05, 0.1) is 6.61 Å². The van der Waals surface area contributed by atoms with Crippen molar-refractivity contribution < 1.29 is 63.1 Å². The summed E-state index contributed by atoms with van der Waals surface area (Å²) in [6.07, 6.45) is 11.7. The lowest BCUT2D eigenvalue weighted by atomic mass is 9.85. The van der Waals surface area contributed by atoms with Crippen molar-refractivity contribution in [3.63, 3.8) is 0 Å². The number of aliphatic hydroxyl groups excluding tert-OH is 5. The SMILES string of the molecule is CC/C=C\C/C=C\C/C=C\CCCCCCCC(=O)OC(COC(=O)CCCCCC)COP(=O)(O)OC1C(O)C(O)C(O)C(O)C1O. The molecule has 48 heavy (non-hydrogen) atoms. The van der Waals surface area contributed by atoms with Gasteiger partial charge in [-0.2, -0.15) is 0 Å². The lowest BCUT2D eigenvalue weighted by Crippen LogP contribution is -2.64. The minimum atomic E-state index is -5.10. The van der Waals surface area contributed by atoms with E-state index in [0.29, 0.717) is 12.8 Å². The van der Waals surface area contributed by atoms with Crippen molar-refractivity contribution in [2.45, 2.75) is 153 Å². The van der Waals surface area contributed by atoms with Crippen molar-refractivity contribution in [2.75, 3.05) is 13.2 Å². The van der Waals surface area contributed by atoms with Gasteiger partial charge in [0.15, 0.2) is 6.10 Å². The van der Waals surface area contributed by atoms with Crippen LogP contribution in [0.25, 0.3) is 0 Å².